The second-order valence-electron chi connectivity index (χ2n) is 3.56. The molecule has 0 saturated carbocycles. The molecule has 0 unspecified atom stereocenters. The lowest BCUT2D eigenvalue weighted by Gasteiger charge is -2.10. The van der Waals surface area contributed by atoms with E-state index in [-0.39, 0.29) is 5.91 Å². The van der Waals surface area contributed by atoms with Crippen molar-refractivity contribution < 1.29 is 14.7 Å². The van der Waals surface area contributed by atoms with Gasteiger partial charge in [0.1, 0.15) is 6.04 Å². The quantitative estimate of drug-likeness (QED) is 0.393. The fraction of sp³-hybridized carbons (Fsp3) is 0.800. The molecule has 1 amide bonds. The van der Waals surface area contributed by atoms with Crippen molar-refractivity contribution in [3.63, 3.8) is 0 Å². The first-order valence-corrected chi connectivity index (χ1v) is 5.48. The van der Waals surface area contributed by atoms with E-state index >= 15 is 0 Å². The largest absolute Gasteiger partial charge is 0.480 e. The Morgan fingerprint density at radius 2 is 2.06 bits per heavy atom. The lowest BCUT2D eigenvalue weighted by molar-refractivity contribution is -0.139. The number of amides is 1. The number of likely N-dealkylation sites (N-methyl/N-ethyl adjacent to an activating group) is 1. The summed E-state index contributed by atoms with van der Waals surface area (Å²) in [4.78, 5) is 21.6. The molecule has 6 heteroatoms. The van der Waals surface area contributed by atoms with Crippen molar-refractivity contribution in [3.05, 3.63) is 0 Å². The van der Waals surface area contributed by atoms with E-state index in [9.17, 15) is 9.59 Å². The fourth-order valence-electron chi connectivity index (χ4n) is 1.31. The van der Waals surface area contributed by atoms with Crippen LogP contribution in [-0.2, 0) is 9.59 Å². The summed E-state index contributed by atoms with van der Waals surface area (Å²) < 4.78 is 0. The molecule has 0 aliphatic heterocycles. The number of hydrogen-bond acceptors (Lipinski definition) is 4. The third kappa shape index (κ3) is 7.19. The van der Waals surface area contributed by atoms with Crippen LogP contribution in [0.15, 0.2) is 0 Å². The Kier molecular flexibility index (Phi) is 8.46. The van der Waals surface area contributed by atoms with Gasteiger partial charge in [-0.25, -0.2) is 0 Å². The first kappa shape index (κ1) is 14.9. The number of carbonyl (C=O) groups is 2. The molecule has 0 aliphatic rings. The third-order valence-corrected chi connectivity index (χ3v) is 2.26. The van der Waals surface area contributed by atoms with E-state index in [0.717, 1.165) is 12.8 Å². The fourth-order valence-corrected chi connectivity index (χ4v) is 1.31. The number of hydrogen-bond donors (Lipinski definition) is 4. The number of unbranched alkanes of at least 4 members (excludes halogenated alkanes) is 1. The van der Waals surface area contributed by atoms with Crippen LogP contribution < -0.4 is 16.4 Å². The van der Waals surface area contributed by atoms with Crippen molar-refractivity contribution in [1.82, 2.24) is 10.6 Å². The smallest absolute Gasteiger partial charge is 0.320 e. The number of nitrogens with two attached hydrogens (primary N) is 1. The Balaban J connectivity index is 3.45. The molecule has 16 heavy (non-hydrogen) atoms. The van der Waals surface area contributed by atoms with E-state index < -0.39 is 12.0 Å². The maximum absolute atomic E-state index is 11.0. The van der Waals surface area contributed by atoms with Gasteiger partial charge >= 0.3 is 5.97 Å². The number of carbonyl (C=O) groups excluding carboxylic acids is 1. The molecule has 0 fully saturated rings. The van der Waals surface area contributed by atoms with Crippen molar-refractivity contribution in [2.45, 2.75) is 31.7 Å². The standard InChI is InChI=1S/C10H21N3O3/c1-12-8(10(15)16)4-2-3-7-13-9(14)5-6-11/h8,12H,2-7,11H2,1H3,(H,13,14)(H,15,16)/t8-/m0/s1. The van der Waals surface area contributed by atoms with Gasteiger partial charge in [0.15, 0.2) is 0 Å². The average Bonchev–Trinajstić information content (AvgIpc) is 2.23. The van der Waals surface area contributed by atoms with Gasteiger partial charge in [0.2, 0.25) is 5.91 Å². The molecule has 0 bridgehead atoms. The summed E-state index contributed by atoms with van der Waals surface area (Å²) in [5.74, 6) is -0.888. The lowest BCUT2D eigenvalue weighted by atomic mass is 10.1. The molecule has 0 spiro atoms. The van der Waals surface area contributed by atoms with Crippen molar-refractivity contribution in [3.8, 4) is 0 Å². The Labute approximate surface area is 95.6 Å². The molecule has 0 aliphatic carbocycles. The van der Waals surface area contributed by atoms with Crippen LogP contribution in [0.2, 0.25) is 0 Å². The zero-order valence-corrected chi connectivity index (χ0v) is 9.66. The summed E-state index contributed by atoms with van der Waals surface area (Å²) in [5.41, 5.74) is 5.22. The Bertz CT molecular complexity index is 221. The Morgan fingerprint density at radius 1 is 1.38 bits per heavy atom. The molecule has 0 radical (unpaired) electrons. The number of nitrogens with one attached hydrogen (secondary N) is 2. The molecule has 0 aromatic heterocycles. The summed E-state index contributed by atoms with van der Waals surface area (Å²) in [6.07, 6.45) is 2.45. The summed E-state index contributed by atoms with van der Waals surface area (Å²) in [7, 11) is 1.63. The van der Waals surface area contributed by atoms with Gasteiger partial charge in [-0.1, -0.05) is 0 Å². The molecule has 0 heterocycles. The van der Waals surface area contributed by atoms with Gasteiger partial charge in [0.25, 0.3) is 0 Å². The SMILES string of the molecule is CN[C@@H](CCCCNC(=O)CCN)C(=O)O. The molecule has 0 aromatic carbocycles. The van der Waals surface area contributed by atoms with Crippen molar-refractivity contribution in [1.29, 1.82) is 0 Å². The lowest BCUT2D eigenvalue weighted by Crippen LogP contribution is -2.34. The van der Waals surface area contributed by atoms with Gasteiger partial charge in [0, 0.05) is 19.5 Å². The highest BCUT2D eigenvalue weighted by Crippen LogP contribution is 2.00. The van der Waals surface area contributed by atoms with Gasteiger partial charge in [-0.3, -0.25) is 9.59 Å². The average molecular weight is 231 g/mol. The van der Waals surface area contributed by atoms with Crippen molar-refractivity contribution in [2.24, 2.45) is 5.73 Å². The summed E-state index contributed by atoms with van der Waals surface area (Å²) in [5, 5.41) is 14.2. The Morgan fingerprint density at radius 3 is 2.56 bits per heavy atom. The van der Waals surface area contributed by atoms with E-state index in [0.29, 0.717) is 25.9 Å². The van der Waals surface area contributed by atoms with Crippen LogP contribution in [0.5, 0.6) is 0 Å². The first-order valence-electron chi connectivity index (χ1n) is 5.48. The summed E-state index contributed by atoms with van der Waals surface area (Å²) >= 11 is 0. The number of carboxylic acids is 1. The van der Waals surface area contributed by atoms with Crippen LogP contribution in [0.4, 0.5) is 0 Å². The van der Waals surface area contributed by atoms with E-state index in [1.807, 2.05) is 0 Å². The highest BCUT2D eigenvalue weighted by Gasteiger charge is 2.13. The summed E-state index contributed by atoms with van der Waals surface area (Å²) in [6.45, 7) is 0.932. The van der Waals surface area contributed by atoms with Crippen LogP contribution in [0.3, 0.4) is 0 Å². The Hall–Kier alpha value is -1.14. The number of rotatable bonds is 9. The van der Waals surface area contributed by atoms with Crippen LogP contribution in [0, 0.1) is 0 Å². The molecule has 0 saturated heterocycles. The van der Waals surface area contributed by atoms with E-state index in [4.69, 9.17) is 10.8 Å². The molecular weight excluding hydrogens is 210 g/mol. The van der Waals surface area contributed by atoms with Crippen molar-refractivity contribution >= 4 is 11.9 Å². The van der Waals surface area contributed by atoms with Gasteiger partial charge in [-0.05, 0) is 26.3 Å². The zero-order chi connectivity index (χ0) is 12.4. The minimum Gasteiger partial charge on any atom is -0.480 e. The number of carboxylic acid groups (broad SMARTS) is 1. The predicted molar refractivity (Wildman–Crippen MR) is 61.0 cm³/mol. The van der Waals surface area contributed by atoms with Gasteiger partial charge in [-0.2, -0.15) is 0 Å². The number of aliphatic carboxylic acids is 1. The zero-order valence-electron chi connectivity index (χ0n) is 9.66. The molecule has 0 aromatic rings. The van der Waals surface area contributed by atoms with Gasteiger partial charge < -0.3 is 21.5 Å². The molecule has 6 nitrogen and oxygen atoms in total. The normalized spacial score (nSPS) is 12.1. The van der Waals surface area contributed by atoms with Gasteiger partial charge in [-0.15, -0.1) is 0 Å². The maximum atomic E-state index is 11.0. The van der Waals surface area contributed by atoms with Crippen LogP contribution in [-0.4, -0.2) is 43.2 Å². The molecular formula is C10H21N3O3. The topological polar surface area (TPSA) is 104 Å². The molecule has 5 N–H and O–H groups in total. The van der Waals surface area contributed by atoms with E-state index in [2.05, 4.69) is 10.6 Å². The summed E-state index contributed by atoms with van der Waals surface area (Å²) in [6, 6.07) is -0.500. The second-order valence-corrected chi connectivity index (χ2v) is 3.56. The minimum absolute atomic E-state index is 0.0501. The van der Waals surface area contributed by atoms with Crippen molar-refractivity contribution in [2.75, 3.05) is 20.1 Å². The monoisotopic (exact) mass is 231 g/mol. The maximum Gasteiger partial charge on any atom is 0.320 e. The second kappa shape index (κ2) is 9.11. The van der Waals surface area contributed by atoms with Crippen LogP contribution >= 0.6 is 0 Å². The predicted octanol–water partition coefficient (Wildman–Crippen LogP) is -0.706. The van der Waals surface area contributed by atoms with E-state index in [1.54, 1.807) is 7.05 Å². The highest BCUT2D eigenvalue weighted by molar-refractivity contribution is 5.76. The highest BCUT2D eigenvalue weighted by atomic mass is 16.4. The van der Waals surface area contributed by atoms with Crippen LogP contribution in [0.25, 0.3) is 0 Å². The first-order chi connectivity index (χ1) is 7.61. The minimum atomic E-state index is -0.838. The molecule has 94 valence electrons. The van der Waals surface area contributed by atoms with Crippen LogP contribution in [0.1, 0.15) is 25.7 Å². The molecule has 1 atom stereocenters. The third-order valence-electron chi connectivity index (χ3n) is 2.26. The molecule has 0 rings (SSSR count). The van der Waals surface area contributed by atoms with E-state index in [1.165, 1.54) is 0 Å². The van der Waals surface area contributed by atoms with Gasteiger partial charge in [0.05, 0.1) is 0 Å².